The molecule has 1 saturated heterocycles. The minimum absolute atomic E-state index is 0.458. The van der Waals surface area contributed by atoms with Crippen molar-refractivity contribution in [2.75, 3.05) is 6.61 Å². The molecular weight excluding hydrogens is 212 g/mol. The lowest BCUT2D eigenvalue weighted by Gasteiger charge is -2.19. The van der Waals surface area contributed by atoms with Crippen LogP contribution in [0.2, 0.25) is 0 Å². The molecule has 0 bridgehead atoms. The Bertz CT molecular complexity index is 390. The third kappa shape index (κ3) is 2.67. The van der Waals surface area contributed by atoms with E-state index in [-0.39, 0.29) is 0 Å². The maximum absolute atomic E-state index is 5.82. The maximum atomic E-state index is 5.82. The summed E-state index contributed by atoms with van der Waals surface area (Å²) in [6.07, 6.45) is 4.31. The molecule has 2 heterocycles. The molecule has 2 atom stereocenters. The van der Waals surface area contributed by atoms with E-state index in [0.717, 1.165) is 36.9 Å². The minimum atomic E-state index is 0.458. The zero-order valence-corrected chi connectivity index (χ0v) is 10.4. The summed E-state index contributed by atoms with van der Waals surface area (Å²) in [4.78, 5) is 4.52. The van der Waals surface area contributed by atoms with Crippen molar-refractivity contribution in [3.8, 4) is 0 Å². The number of aryl methyl sites for hydroxylation is 1. The van der Waals surface area contributed by atoms with Gasteiger partial charge in [-0.05, 0) is 44.2 Å². The molecule has 92 valence electrons. The molecule has 1 aromatic heterocycles. The zero-order chi connectivity index (χ0) is 11.7. The maximum Gasteiger partial charge on any atom is 0.0757 e. The SMILES string of the molecule is Cc1cccc(CNC2CCOC2C2CC2)n1. The normalized spacial score (nSPS) is 28.5. The molecule has 1 saturated carbocycles. The van der Waals surface area contributed by atoms with Gasteiger partial charge >= 0.3 is 0 Å². The summed E-state index contributed by atoms with van der Waals surface area (Å²) in [6, 6.07) is 6.73. The molecule has 1 aliphatic carbocycles. The van der Waals surface area contributed by atoms with Crippen molar-refractivity contribution in [1.82, 2.24) is 10.3 Å². The Morgan fingerprint density at radius 2 is 2.24 bits per heavy atom. The molecular formula is C14H20N2O. The van der Waals surface area contributed by atoms with Gasteiger partial charge in [0.15, 0.2) is 0 Å². The van der Waals surface area contributed by atoms with Gasteiger partial charge in [0, 0.05) is 24.9 Å². The van der Waals surface area contributed by atoms with E-state index < -0.39 is 0 Å². The fourth-order valence-electron chi connectivity index (χ4n) is 2.65. The van der Waals surface area contributed by atoms with Gasteiger partial charge < -0.3 is 10.1 Å². The summed E-state index contributed by atoms with van der Waals surface area (Å²) in [5.74, 6) is 0.820. The first kappa shape index (κ1) is 11.2. The number of aromatic nitrogens is 1. The molecule has 3 rings (SSSR count). The van der Waals surface area contributed by atoms with Gasteiger partial charge in [0.1, 0.15) is 0 Å². The molecule has 0 amide bonds. The molecule has 3 nitrogen and oxygen atoms in total. The molecule has 2 unspecified atom stereocenters. The van der Waals surface area contributed by atoms with E-state index >= 15 is 0 Å². The Labute approximate surface area is 103 Å². The van der Waals surface area contributed by atoms with Crippen LogP contribution in [0.5, 0.6) is 0 Å². The molecule has 2 aliphatic rings. The van der Waals surface area contributed by atoms with E-state index in [1.54, 1.807) is 0 Å². The van der Waals surface area contributed by atoms with Gasteiger partial charge in [0.05, 0.1) is 11.8 Å². The summed E-state index contributed by atoms with van der Waals surface area (Å²) in [5, 5.41) is 3.61. The van der Waals surface area contributed by atoms with Gasteiger partial charge in [0.25, 0.3) is 0 Å². The Kier molecular flexibility index (Phi) is 3.12. The van der Waals surface area contributed by atoms with E-state index in [0.29, 0.717) is 12.1 Å². The van der Waals surface area contributed by atoms with E-state index in [4.69, 9.17) is 4.74 Å². The van der Waals surface area contributed by atoms with E-state index in [2.05, 4.69) is 22.4 Å². The van der Waals surface area contributed by atoms with Gasteiger partial charge in [0.2, 0.25) is 0 Å². The number of hydrogen-bond donors (Lipinski definition) is 1. The lowest BCUT2D eigenvalue weighted by molar-refractivity contribution is 0.0808. The van der Waals surface area contributed by atoms with Crippen molar-refractivity contribution in [3.05, 3.63) is 29.6 Å². The first-order valence-corrected chi connectivity index (χ1v) is 6.60. The number of nitrogens with zero attached hydrogens (tertiary/aromatic N) is 1. The van der Waals surface area contributed by atoms with Crippen LogP contribution in [0, 0.1) is 12.8 Å². The van der Waals surface area contributed by atoms with Crippen LogP contribution in [-0.4, -0.2) is 23.7 Å². The highest BCUT2D eigenvalue weighted by atomic mass is 16.5. The standard InChI is InChI=1S/C14H20N2O/c1-10-3-2-4-12(16-10)9-15-13-7-8-17-14(13)11-5-6-11/h2-4,11,13-15H,5-9H2,1H3. The second-order valence-corrected chi connectivity index (χ2v) is 5.22. The van der Waals surface area contributed by atoms with Crippen molar-refractivity contribution in [3.63, 3.8) is 0 Å². The van der Waals surface area contributed by atoms with Gasteiger partial charge in [-0.1, -0.05) is 6.07 Å². The van der Waals surface area contributed by atoms with Crippen LogP contribution in [0.25, 0.3) is 0 Å². The number of nitrogens with one attached hydrogen (secondary N) is 1. The topological polar surface area (TPSA) is 34.1 Å². The smallest absolute Gasteiger partial charge is 0.0757 e. The van der Waals surface area contributed by atoms with Crippen LogP contribution < -0.4 is 5.32 Å². The summed E-state index contributed by atoms with van der Waals surface area (Å²) in [7, 11) is 0. The molecule has 1 N–H and O–H groups in total. The lowest BCUT2D eigenvalue weighted by Crippen LogP contribution is -2.37. The Balaban J connectivity index is 1.56. The van der Waals surface area contributed by atoms with E-state index in [1.165, 1.54) is 12.8 Å². The van der Waals surface area contributed by atoms with Crippen molar-refractivity contribution in [1.29, 1.82) is 0 Å². The van der Waals surface area contributed by atoms with E-state index in [1.807, 2.05) is 13.0 Å². The second kappa shape index (κ2) is 4.75. The quantitative estimate of drug-likeness (QED) is 0.862. The molecule has 3 heteroatoms. The van der Waals surface area contributed by atoms with Crippen molar-refractivity contribution >= 4 is 0 Å². The molecule has 1 aromatic rings. The number of ether oxygens (including phenoxy) is 1. The predicted molar refractivity (Wildman–Crippen MR) is 66.7 cm³/mol. The number of pyridine rings is 1. The highest BCUT2D eigenvalue weighted by Crippen LogP contribution is 2.38. The average Bonchev–Trinajstić information content (AvgIpc) is 3.06. The molecule has 0 aromatic carbocycles. The average molecular weight is 232 g/mol. The Morgan fingerprint density at radius 1 is 1.35 bits per heavy atom. The highest BCUT2D eigenvalue weighted by molar-refractivity contribution is 5.10. The molecule has 0 spiro atoms. The van der Waals surface area contributed by atoms with Crippen LogP contribution in [-0.2, 0) is 11.3 Å². The third-order valence-electron chi connectivity index (χ3n) is 3.71. The molecule has 2 fully saturated rings. The van der Waals surface area contributed by atoms with Crippen LogP contribution in [0.4, 0.5) is 0 Å². The van der Waals surface area contributed by atoms with Crippen LogP contribution in [0.15, 0.2) is 18.2 Å². The summed E-state index contributed by atoms with van der Waals surface area (Å²) < 4.78 is 5.82. The predicted octanol–water partition coefficient (Wildman–Crippen LogP) is 2.05. The first-order valence-electron chi connectivity index (χ1n) is 6.60. The summed E-state index contributed by atoms with van der Waals surface area (Å²) in [6.45, 7) is 3.81. The van der Waals surface area contributed by atoms with Crippen LogP contribution in [0.3, 0.4) is 0 Å². The van der Waals surface area contributed by atoms with Crippen molar-refractivity contribution in [2.45, 2.75) is 44.9 Å². The van der Waals surface area contributed by atoms with Crippen molar-refractivity contribution < 1.29 is 4.74 Å². The summed E-state index contributed by atoms with van der Waals surface area (Å²) in [5.41, 5.74) is 2.22. The minimum Gasteiger partial charge on any atom is -0.376 e. The van der Waals surface area contributed by atoms with Gasteiger partial charge in [-0.2, -0.15) is 0 Å². The fourth-order valence-corrected chi connectivity index (χ4v) is 2.65. The fraction of sp³-hybridized carbons (Fsp3) is 0.643. The Morgan fingerprint density at radius 3 is 3.00 bits per heavy atom. The van der Waals surface area contributed by atoms with Gasteiger partial charge in [-0.15, -0.1) is 0 Å². The summed E-state index contributed by atoms with van der Waals surface area (Å²) >= 11 is 0. The van der Waals surface area contributed by atoms with Crippen molar-refractivity contribution in [2.24, 2.45) is 5.92 Å². The van der Waals surface area contributed by atoms with Crippen LogP contribution >= 0.6 is 0 Å². The van der Waals surface area contributed by atoms with Crippen LogP contribution in [0.1, 0.15) is 30.7 Å². The first-order chi connectivity index (χ1) is 8.33. The molecule has 17 heavy (non-hydrogen) atoms. The molecule has 0 radical (unpaired) electrons. The highest BCUT2D eigenvalue weighted by Gasteiger charge is 2.40. The lowest BCUT2D eigenvalue weighted by atomic mass is 10.1. The number of rotatable bonds is 4. The van der Waals surface area contributed by atoms with Gasteiger partial charge in [-0.3, -0.25) is 4.98 Å². The number of hydrogen-bond acceptors (Lipinski definition) is 3. The van der Waals surface area contributed by atoms with Gasteiger partial charge in [-0.25, -0.2) is 0 Å². The zero-order valence-electron chi connectivity index (χ0n) is 10.4. The largest absolute Gasteiger partial charge is 0.376 e. The third-order valence-corrected chi connectivity index (χ3v) is 3.71. The molecule has 1 aliphatic heterocycles. The Hall–Kier alpha value is -0.930. The monoisotopic (exact) mass is 232 g/mol. The second-order valence-electron chi connectivity index (χ2n) is 5.22. The van der Waals surface area contributed by atoms with E-state index in [9.17, 15) is 0 Å².